The fraction of sp³-hybridized carbons (Fsp3) is 0.167. The number of nitrogens with one attached hydrogen (secondary N) is 2. The summed E-state index contributed by atoms with van der Waals surface area (Å²) in [6.07, 6.45) is 1.14. The number of fused-ring (bicyclic) bond motifs is 2. The summed E-state index contributed by atoms with van der Waals surface area (Å²) >= 11 is 1.32. The lowest BCUT2D eigenvalue weighted by atomic mass is 10.0. The molecule has 0 fully saturated rings. The summed E-state index contributed by atoms with van der Waals surface area (Å²) in [6.45, 7) is 0. The van der Waals surface area contributed by atoms with Crippen LogP contribution < -0.4 is 15.4 Å². The molecule has 1 unspecified atom stereocenters. The monoisotopic (exact) mass is 479 g/mol. The van der Waals surface area contributed by atoms with Gasteiger partial charge in [0, 0.05) is 11.3 Å². The van der Waals surface area contributed by atoms with Crippen LogP contribution in [-0.4, -0.2) is 31.8 Å². The zero-order valence-electron chi connectivity index (χ0n) is 17.7. The topological polar surface area (TPSA) is 97.4 Å². The van der Waals surface area contributed by atoms with Gasteiger partial charge in [-0.15, -0.1) is 0 Å². The molecule has 0 saturated carbocycles. The van der Waals surface area contributed by atoms with Crippen LogP contribution >= 0.6 is 11.3 Å². The number of carbonyl (C=O) groups is 1. The zero-order valence-corrected chi connectivity index (χ0v) is 19.4. The molecule has 0 radical (unpaired) electrons. The van der Waals surface area contributed by atoms with Crippen LogP contribution in [0.1, 0.15) is 22.3 Å². The van der Waals surface area contributed by atoms with Gasteiger partial charge in [-0.05, 0) is 60.9 Å². The lowest BCUT2D eigenvalue weighted by Gasteiger charge is -2.27. The second-order valence-corrected chi connectivity index (χ2v) is 10.9. The van der Waals surface area contributed by atoms with Crippen molar-refractivity contribution >= 4 is 48.1 Å². The Morgan fingerprint density at radius 3 is 2.82 bits per heavy atom. The van der Waals surface area contributed by atoms with Gasteiger partial charge in [0.05, 0.1) is 22.2 Å². The Hall–Kier alpha value is -3.43. The molecule has 1 atom stereocenters. The number of hydrogen-bond acceptors (Lipinski definition) is 7. The summed E-state index contributed by atoms with van der Waals surface area (Å²) in [5.41, 5.74) is 2.93. The number of aromatic nitrogens is 1. The molecule has 1 aliphatic rings. The van der Waals surface area contributed by atoms with Crippen molar-refractivity contribution in [1.82, 2.24) is 4.98 Å². The minimum Gasteiger partial charge on any atom is -0.497 e. The van der Waals surface area contributed by atoms with Crippen LogP contribution in [0.25, 0.3) is 10.2 Å². The molecule has 2 N–H and O–H groups in total. The number of carbonyl (C=O) groups excluding carboxylic acids is 1. The molecule has 0 spiro atoms. The van der Waals surface area contributed by atoms with Gasteiger partial charge in [0.25, 0.3) is 5.91 Å². The van der Waals surface area contributed by atoms with Crippen molar-refractivity contribution < 1.29 is 17.9 Å². The largest absolute Gasteiger partial charge is 0.497 e. The Morgan fingerprint density at radius 2 is 1.97 bits per heavy atom. The van der Waals surface area contributed by atoms with Gasteiger partial charge in [-0.1, -0.05) is 35.6 Å². The van der Waals surface area contributed by atoms with E-state index in [4.69, 9.17) is 4.74 Å². The minimum absolute atomic E-state index is 0.112. The molecular weight excluding hydrogens is 458 g/mol. The van der Waals surface area contributed by atoms with Gasteiger partial charge in [0.15, 0.2) is 15.0 Å². The highest BCUT2D eigenvalue weighted by Gasteiger charge is 2.31. The fourth-order valence-electron chi connectivity index (χ4n) is 3.88. The third kappa shape index (κ3) is 4.17. The first-order chi connectivity index (χ1) is 15.9. The maximum absolute atomic E-state index is 13.3. The minimum atomic E-state index is -3.68. The number of amides is 1. The van der Waals surface area contributed by atoms with Crippen LogP contribution in [0, 0.1) is 0 Å². The van der Waals surface area contributed by atoms with E-state index in [0.717, 1.165) is 21.5 Å². The van der Waals surface area contributed by atoms with Crippen molar-refractivity contribution in [2.45, 2.75) is 23.1 Å². The second-order valence-electron chi connectivity index (χ2n) is 7.71. The summed E-state index contributed by atoms with van der Waals surface area (Å²) in [5, 5.41) is 5.60. The number of sulfone groups is 1. The first-order valence-corrected chi connectivity index (χ1v) is 12.7. The van der Waals surface area contributed by atoms with Gasteiger partial charge < -0.3 is 10.1 Å². The van der Waals surface area contributed by atoms with Gasteiger partial charge in [-0.3, -0.25) is 10.1 Å². The quantitative estimate of drug-likeness (QED) is 0.430. The molecular formula is C24H21N3O4S2. The van der Waals surface area contributed by atoms with Crippen molar-refractivity contribution in [3.05, 3.63) is 77.9 Å². The number of thiazole rings is 1. The standard InChI is InChI=1S/C24H21N3O4S2/c1-31-17-10-11-20-21(14-17)32-24(26-20)27-23(28)16-6-4-7-18(13-16)33(29,30)22-12-9-15-5-2-3-8-19(15)25-22/h2-8,10-11,13-14,22,25H,9,12H2,1H3,(H,26,27,28). The van der Waals surface area contributed by atoms with E-state index in [2.05, 4.69) is 15.6 Å². The highest BCUT2D eigenvalue weighted by atomic mass is 32.2. The number of aryl methyl sites for hydroxylation is 1. The Balaban J connectivity index is 1.37. The lowest BCUT2D eigenvalue weighted by molar-refractivity contribution is 0.102. The van der Waals surface area contributed by atoms with Crippen molar-refractivity contribution in [3.8, 4) is 5.75 Å². The smallest absolute Gasteiger partial charge is 0.257 e. The predicted molar refractivity (Wildman–Crippen MR) is 130 cm³/mol. The maximum atomic E-state index is 13.3. The number of benzene rings is 3. The van der Waals surface area contributed by atoms with Crippen molar-refractivity contribution in [3.63, 3.8) is 0 Å². The molecule has 1 aliphatic heterocycles. The SMILES string of the molecule is COc1ccc2nc(NC(=O)c3cccc(S(=O)(=O)C4CCc5ccccc5N4)c3)sc2c1. The van der Waals surface area contributed by atoms with Gasteiger partial charge >= 0.3 is 0 Å². The lowest BCUT2D eigenvalue weighted by Crippen LogP contribution is -2.33. The molecule has 7 nitrogen and oxygen atoms in total. The molecule has 9 heteroatoms. The van der Waals surface area contributed by atoms with Gasteiger partial charge in [0.2, 0.25) is 0 Å². The average Bonchev–Trinajstić information content (AvgIpc) is 3.25. The van der Waals surface area contributed by atoms with Gasteiger partial charge in [-0.2, -0.15) is 0 Å². The third-order valence-electron chi connectivity index (χ3n) is 5.63. The molecule has 5 rings (SSSR count). The van der Waals surface area contributed by atoms with E-state index in [-0.39, 0.29) is 10.5 Å². The Bertz CT molecular complexity index is 1460. The molecule has 0 bridgehead atoms. The Morgan fingerprint density at radius 1 is 1.12 bits per heavy atom. The molecule has 0 aliphatic carbocycles. The summed E-state index contributed by atoms with van der Waals surface area (Å²) < 4.78 is 32.7. The highest BCUT2D eigenvalue weighted by Crippen LogP contribution is 2.31. The number of anilines is 2. The van der Waals surface area contributed by atoms with E-state index in [0.29, 0.717) is 23.7 Å². The van der Waals surface area contributed by atoms with Crippen LogP contribution in [0.2, 0.25) is 0 Å². The number of hydrogen-bond donors (Lipinski definition) is 2. The molecule has 2 heterocycles. The molecule has 1 amide bonds. The van der Waals surface area contributed by atoms with Crippen LogP contribution in [0.4, 0.5) is 10.8 Å². The zero-order chi connectivity index (χ0) is 23.0. The predicted octanol–water partition coefficient (Wildman–Crippen LogP) is 4.72. The van der Waals surface area contributed by atoms with Gasteiger partial charge in [0.1, 0.15) is 11.1 Å². The summed E-state index contributed by atoms with van der Waals surface area (Å²) in [6, 6.07) is 19.3. The van der Waals surface area contributed by atoms with E-state index >= 15 is 0 Å². The number of rotatable bonds is 5. The van der Waals surface area contributed by atoms with Crippen molar-refractivity contribution in [2.24, 2.45) is 0 Å². The number of ether oxygens (including phenoxy) is 1. The molecule has 33 heavy (non-hydrogen) atoms. The van der Waals surface area contributed by atoms with Crippen LogP contribution in [0.15, 0.2) is 71.6 Å². The van der Waals surface area contributed by atoms with E-state index < -0.39 is 21.1 Å². The van der Waals surface area contributed by atoms with E-state index in [9.17, 15) is 13.2 Å². The molecule has 4 aromatic rings. The van der Waals surface area contributed by atoms with Crippen LogP contribution in [-0.2, 0) is 16.3 Å². The average molecular weight is 480 g/mol. The molecule has 3 aromatic carbocycles. The third-order valence-corrected chi connectivity index (χ3v) is 8.57. The van der Waals surface area contributed by atoms with E-state index in [1.807, 2.05) is 36.4 Å². The molecule has 0 saturated heterocycles. The Kier molecular flexibility index (Phi) is 5.51. The maximum Gasteiger partial charge on any atom is 0.257 e. The first kappa shape index (κ1) is 21.4. The van der Waals surface area contributed by atoms with Crippen molar-refractivity contribution in [2.75, 3.05) is 17.7 Å². The van der Waals surface area contributed by atoms with Crippen molar-refractivity contribution in [1.29, 1.82) is 0 Å². The van der Waals surface area contributed by atoms with Crippen LogP contribution in [0.5, 0.6) is 5.75 Å². The number of para-hydroxylation sites is 1. The summed E-state index contributed by atoms with van der Waals surface area (Å²) in [5.74, 6) is 0.293. The van der Waals surface area contributed by atoms with E-state index in [1.165, 1.54) is 23.5 Å². The second kappa shape index (κ2) is 8.49. The fourth-order valence-corrected chi connectivity index (χ4v) is 6.36. The summed E-state index contributed by atoms with van der Waals surface area (Å²) in [4.78, 5) is 17.4. The van der Waals surface area contributed by atoms with Crippen LogP contribution in [0.3, 0.4) is 0 Å². The summed E-state index contributed by atoms with van der Waals surface area (Å²) in [7, 11) is -2.09. The first-order valence-electron chi connectivity index (χ1n) is 10.4. The Labute approximate surface area is 195 Å². The number of methoxy groups -OCH3 is 1. The normalized spacial score (nSPS) is 15.5. The van der Waals surface area contributed by atoms with E-state index in [1.54, 1.807) is 25.3 Å². The molecule has 1 aromatic heterocycles. The van der Waals surface area contributed by atoms with Gasteiger partial charge in [-0.25, -0.2) is 13.4 Å². The number of nitrogens with zero attached hydrogens (tertiary/aromatic N) is 1. The molecule has 168 valence electrons. The highest BCUT2D eigenvalue weighted by molar-refractivity contribution is 7.92.